The number of hydrogen-bond donors (Lipinski definition) is 1. The Hall–Kier alpha value is -0.480. The lowest BCUT2D eigenvalue weighted by atomic mass is 10.1. The third kappa shape index (κ3) is 4.26. The van der Waals surface area contributed by atoms with Gasteiger partial charge in [-0.3, -0.25) is 4.57 Å². The topological polar surface area (TPSA) is 34.9 Å². The summed E-state index contributed by atoms with van der Waals surface area (Å²) in [5, 5.41) is 0.497. The van der Waals surface area contributed by atoms with Gasteiger partial charge in [-0.1, -0.05) is 18.5 Å². The molecule has 1 rings (SSSR count). The zero-order chi connectivity index (χ0) is 11.3. The fourth-order valence-electron chi connectivity index (χ4n) is 1.31. The van der Waals surface area contributed by atoms with E-state index in [1.165, 1.54) is 6.20 Å². The molecule has 84 valence electrons. The number of rotatable bonds is 5. The minimum atomic E-state index is -0.238. The molecule has 1 atom stereocenters. The standard InChI is InChI=1S/C10H15ClN2OS/c1-8(3-5-15)2-4-13-7-9(11)6-12-10(13)14/h6-8,15H,2-5H2,1H3. The van der Waals surface area contributed by atoms with E-state index in [1.54, 1.807) is 10.8 Å². The van der Waals surface area contributed by atoms with Crippen LogP contribution in [0.1, 0.15) is 19.8 Å². The molecule has 1 unspecified atom stereocenters. The molecule has 5 heteroatoms. The number of hydrogen-bond acceptors (Lipinski definition) is 3. The predicted octanol–water partition coefficient (Wildman–Crippen LogP) is 2.24. The molecule has 3 nitrogen and oxygen atoms in total. The molecule has 0 saturated heterocycles. The van der Waals surface area contributed by atoms with Gasteiger partial charge in [-0.25, -0.2) is 9.78 Å². The Bertz CT molecular complexity index is 367. The monoisotopic (exact) mass is 246 g/mol. The summed E-state index contributed by atoms with van der Waals surface area (Å²) in [7, 11) is 0. The molecule has 0 saturated carbocycles. The molecule has 0 aliphatic heterocycles. The van der Waals surface area contributed by atoms with Crippen molar-refractivity contribution in [1.29, 1.82) is 0 Å². The molecule has 0 radical (unpaired) electrons. The number of aromatic nitrogens is 2. The molecular formula is C10H15ClN2OS. The molecule has 0 aromatic carbocycles. The molecule has 0 fully saturated rings. The second-order valence-electron chi connectivity index (χ2n) is 3.65. The fraction of sp³-hybridized carbons (Fsp3) is 0.600. The van der Waals surface area contributed by atoms with Crippen LogP contribution in [0.25, 0.3) is 0 Å². The van der Waals surface area contributed by atoms with E-state index in [1.807, 2.05) is 0 Å². The minimum Gasteiger partial charge on any atom is -0.298 e. The fourth-order valence-corrected chi connectivity index (χ4v) is 1.92. The molecule has 0 N–H and O–H groups in total. The Labute approximate surface area is 99.9 Å². The number of nitrogens with zero attached hydrogens (tertiary/aromatic N) is 2. The first-order valence-corrected chi connectivity index (χ1v) is 5.97. The van der Waals surface area contributed by atoms with Crippen molar-refractivity contribution in [2.45, 2.75) is 26.3 Å². The molecule has 15 heavy (non-hydrogen) atoms. The van der Waals surface area contributed by atoms with Gasteiger partial charge in [0.1, 0.15) is 0 Å². The summed E-state index contributed by atoms with van der Waals surface area (Å²) in [6.07, 6.45) is 5.01. The first-order chi connectivity index (χ1) is 7.13. The Morgan fingerprint density at radius 1 is 1.60 bits per heavy atom. The van der Waals surface area contributed by atoms with E-state index in [2.05, 4.69) is 24.5 Å². The van der Waals surface area contributed by atoms with Crippen LogP contribution < -0.4 is 5.69 Å². The highest BCUT2D eigenvalue weighted by atomic mass is 35.5. The smallest absolute Gasteiger partial charge is 0.298 e. The van der Waals surface area contributed by atoms with Gasteiger partial charge in [-0.2, -0.15) is 12.6 Å². The van der Waals surface area contributed by atoms with E-state index < -0.39 is 0 Å². The average Bonchev–Trinajstić information content (AvgIpc) is 2.20. The Balaban J connectivity index is 2.57. The highest BCUT2D eigenvalue weighted by Crippen LogP contribution is 2.10. The van der Waals surface area contributed by atoms with E-state index in [4.69, 9.17) is 11.6 Å². The van der Waals surface area contributed by atoms with Crippen molar-refractivity contribution in [3.63, 3.8) is 0 Å². The Kier molecular flexibility index (Phi) is 5.19. The van der Waals surface area contributed by atoms with E-state index >= 15 is 0 Å². The van der Waals surface area contributed by atoms with Gasteiger partial charge >= 0.3 is 5.69 Å². The van der Waals surface area contributed by atoms with E-state index in [-0.39, 0.29) is 5.69 Å². The SMILES string of the molecule is CC(CCS)CCn1cc(Cl)cnc1=O. The van der Waals surface area contributed by atoms with Gasteiger partial charge in [0.2, 0.25) is 0 Å². The van der Waals surface area contributed by atoms with Crippen LogP contribution in [-0.4, -0.2) is 15.3 Å². The van der Waals surface area contributed by atoms with Crippen LogP contribution in [0.5, 0.6) is 0 Å². The molecule has 1 aromatic rings. The molecular weight excluding hydrogens is 232 g/mol. The number of thiol groups is 1. The maximum Gasteiger partial charge on any atom is 0.347 e. The van der Waals surface area contributed by atoms with Crippen LogP contribution in [0.15, 0.2) is 17.2 Å². The zero-order valence-corrected chi connectivity index (χ0v) is 10.3. The summed E-state index contributed by atoms with van der Waals surface area (Å²) in [5.41, 5.74) is -0.238. The van der Waals surface area contributed by atoms with Crippen molar-refractivity contribution in [2.75, 3.05) is 5.75 Å². The van der Waals surface area contributed by atoms with Gasteiger partial charge in [-0.15, -0.1) is 0 Å². The largest absolute Gasteiger partial charge is 0.347 e. The van der Waals surface area contributed by atoms with Crippen molar-refractivity contribution in [1.82, 2.24) is 9.55 Å². The molecule has 1 heterocycles. The maximum atomic E-state index is 11.3. The number of halogens is 1. The van der Waals surface area contributed by atoms with Crippen molar-refractivity contribution in [3.8, 4) is 0 Å². The summed E-state index contributed by atoms with van der Waals surface area (Å²) in [6, 6.07) is 0. The number of aryl methyl sites for hydroxylation is 1. The van der Waals surface area contributed by atoms with Gasteiger partial charge in [0.05, 0.1) is 11.2 Å². The molecule has 0 amide bonds. The summed E-state index contributed by atoms with van der Waals surface area (Å²) < 4.78 is 1.55. The summed E-state index contributed by atoms with van der Waals surface area (Å²) in [6.45, 7) is 2.82. The second kappa shape index (κ2) is 6.18. The van der Waals surface area contributed by atoms with Gasteiger partial charge < -0.3 is 0 Å². The van der Waals surface area contributed by atoms with Crippen LogP contribution in [0.3, 0.4) is 0 Å². The highest BCUT2D eigenvalue weighted by molar-refractivity contribution is 7.80. The Morgan fingerprint density at radius 3 is 3.00 bits per heavy atom. The van der Waals surface area contributed by atoms with Gasteiger partial charge in [0, 0.05) is 12.7 Å². The second-order valence-corrected chi connectivity index (χ2v) is 4.54. The normalized spacial score (nSPS) is 12.7. The lowest BCUT2D eigenvalue weighted by molar-refractivity contribution is 0.462. The van der Waals surface area contributed by atoms with Gasteiger partial charge in [0.15, 0.2) is 0 Å². The Morgan fingerprint density at radius 2 is 2.33 bits per heavy atom. The van der Waals surface area contributed by atoms with Crippen molar-refractivity contribution in [2.24, 2.45) is 5.92 Å². The molecule has 0 aliphatic rings. The van der Waals surface area contributed by atoms with Crippen LogP contribution in [0.2, 0.25) is 5.02 Å². The van der Waals surface area contributed by atoms with Crippen molar-refractivity contribution < 1.29 is 0 Å². The molecule has 0 spiro atoms. The quantitative estimate of drug-likeness (QED) is 0.809. The van der Waals surface area contributed by atoms with Crippen LogP contribution in [0, 0.1) is 5.92 Å². The molecule has 0 aliphatic carbocycles. The highest BCUT2D eigenvalue weighted by Gasteiger charge is 2.03. The van der Waals surface area contributed by atoms with Crippen LogP contribution >= 0.6 is 24.2 Å². The van der Waals surface area contributed by atoms with Crippen LogP contribution in [-0.2, 0) is 6.54 Å². The van der Waals surface area contributed by atoms with Crippen molar-refractivity contribution in [3.05, 3.63) is 27.9 Å². The average molecular weight is 247 g/mol. The first-order valence-electron chi connectivity index (χ1n) is 4.96. The zero-order valence-electron chi connectivity index (χ0n) is 8.69. The summed E-state index contributed by atoms with van der Waals surface area (Å²) >= 11 is 9.93. The van der Waals surface area contributed by atoms with E-state index in [0.29, 0.717) is 17.5 Å². The van der Waals surface area contributed by atoms with E-state index in [9.17, 15) is 4.79 Å². The third-order valence-corrected chi connectivity index (χ3v) is 2.76. The lowest BCUT2D eigenvalue weighted by Crippen LogP contribution is -2.22. The maximum absolute atomic E-state index is 11.3. The molecule has 1 aromatic heterocycles. The summed E-state index contributed by atoms with van der Waals surface area (Å²) in [5.74, 6) is 1.44. The minimum absolute atomic E-state index is 0.238. The predicted molar refractivity (Wildman–Crippen MR) is 65.8 cm³/mol. The van der Waals surface area contributed by atoms with Gasteiger partial charge in [0.25, 0.3) is 0 Å². The summed E-state index contributed by atoms with van der Waals surface area (Å²) in [4.78, 5) is 15.0. The lowest BCUT2D eigenvalue weighted by Gasteiger charge is -2.10. The van der Waals surface area contributed by atoms with Gasteiger partial charge in [-0.05, 0) is 24.5 Å². The third-order valence-electron chi connectivity index (χ3n) is 2.31. The first kappa shape index (κ1) is 12.6. The van der Waals surface area contributed by atoms with Crippen LogP contribution in [0.4, 0.5) is 0 Å². The molecule has 0 bridgehead atoms. The van der Waals surface area contributed by atoms with E-state index in [0.717, 1.165) is 18.6 Å². The van der Waals surface area contributed by atoms with Crippen molar-refractivity contribution >= 4 is 24.2 Å².